The lowest BCUT2D eigenvalue weighted by Crippen LogP contribution is -2.19. The van der Waals surface area contributed by atoms with Gasteiger partial charge in [-0.3, -0.25) is 4.79 Å². The van der Waals surface area contributed by atoms with Gasteiger partial charge in [-0.25, -0.2) is 10.1 Å². The molecule has 27 heavy (non-hydrogen) atoms. The Morgan fingerprint density at radius 1 is 1.15 bits per heavy atom. The van der Waals surface area contributed by atoms with E-state index in [4.69, 9.17) is 5.10 Å². The molecule has 1 heterocycles. The van der Waals surface area contributed by atoms with Crippen LogP contribution in [-0.4, -0.2) is 21.9 Å². The van der Waals surface area contributed by atoms with Crippen molar-refractivity contribution in [1.29, 1.82) is 0 Å². The molecule has 0 fully saturated rings. The number of hydrogen-bond donors (Lipinski definition) is 1. The number of aromatic nitrogens is 2. The summed E-state index contributed by atoms with van der Waals surface area (Å²) in [5, 5.41) is 8.90. The zero-order valence-corrected chi connectivity index (χ0v) is 15.9. The van der Waals surface area contributed by atoms with Crippen molar-refractivity contribution in [3.05, 3.63) is 71.9 Å². The summed E-state index contributed by atoms with van der Waals surface area (Å²) in [6.07, 6.45) is 4.04. The van der Waals surface area contributed by atoms with Crippen molar-refractivity contribution in [2.45, 2.75) is 27.2 Å². The van der Waals surface area contributed by atoms with Gasteiger partial charge in [0, 0.05) is 23.7 Å². The van der Waals surface area contributed by atoms with E-state index in [1.165, 1.54) is 0 Å². The molecule has 1 N–H and O–H groups in total. The number of carbonyl (C=O) groups is 1. The van der Waals surface area contributed by atoms with Gasteiger partial charge in [-0.15, -0.1) is 0 Å². The van der Waals surface area contributed by atoms with Gasteiger partial charge in [0.15, 0.2) is 0 Å². The van der Waals surface area contributed by atoms with Crippen LogP contribution in [0.5, 0.6) is 0 Å². The first-order valence-electron chi connectivity index (χ1n) is 9.07. The molecule has 3 rings (SSSR count). The van der Waals surface area contributed by atoms with Gasteiger partial charge in [0.25, 0.3) is 0 Å². The Bertz CT molecular complexity index is 942. The standard InChI is InChI=1S/C22H24N4O/c1-16(2)13-21(27)24-23-14-19-15-26(20-12-8-7-9-17(20)3)25-22(19)18-10-5-4-6-11-18/h4-12,14-16H,13H2,1-3H3,(H,24,27)/b23-14-. The molecular formula is C22H24N4O. The maximum Gasteiger partial charge on any atom is 0.240 e. The fourth-order valence-corrected chi connectivity index (χ4v) is 2.84. The lowest BCUT2D eigenvalue weighted by atomic mass is 10.1. The van der Waals surface area contributed by atoms with E-state index in [1.807, 2.05) is 73.3 Å². The number of rotatable bonds is 6. The number of nitrogens with zero attached hydrogens (tertiary/aromatic N) is 3. The summed E-state index contributed by atoms with van der Waals surface area (Å²) in [6, 6.07) is 18.0. The lowest BCUT2D eigenvalue weighted by Gasteiger charge is -2.04. The first-order chi connectivity index (χ1) is 13.0. The SMILES string of the molecule is Cc1ccccc1-n1cc(/C=N\NC(=O)CC(C)C)c(-c2ccccc2)n1. The molecule has 0 aliphatic carbocycles. The highest BCUT2D eigenvalue weighted by molar-refractivity contribution is 5.89. The van der Waals surface area contributed by atoms with Gasteiger partial charge >= 0.3 is 0 Å². The van der Waals surface area contributed by atoms with Crippen LogP contribution in [0.15, 0.2) is 65.9 Å². The van der Waals surface area contributed by atoms with Crippen LogP contribution >= 0.6 is 0 Å². The molecule has 138 valence electrons. The summed E-state index contributed by atoms with van der Waals surface area (Å²) in [7, 11) is 0. The minimum absolute atomic E-state index is 0.0891. The third-order valence-corrected chi connectivity index (χ3v) is 4.14. The van der Waals surface area contributed by atoms with E-state index in [0.29, 0.717) is 12.3 Å². The van der Waals surface area contributed by atoms with Gasteiger partial charge in [0.2, 0.25) is 5.91 Å². The number of aryl methyl sites for hydroxylation is 1. The molecule has 1 amide bonds. The molecule has 0 radical (unpaired) electrons. The van der Waals surface area contributed by atoms with Gasteiger partial charge < -0.3 is 0 Å². The second kappa shape index (κ2) is 8.45. The van der Waals surface area contributed by atoms with Gasteiger partial charge in [-0.1, -0.05) is 62.4 Å². The molecule has 0 aliphatic rings. The molecule has 5 nitrogen and oxygen atoms in total. The molecule has 0 atom stereocenters. The minimum Gasteiger partial charge on any atom is -0.273 e. The number of carbonyl (C=O) groups excluding carboxylic acids is 1. The molecule has 0 spiro atoms. The van der Waals surface area contributed by atoms with E-state index >= 15 is 0 Å². The molecule has 5 heteroatoms. The molecule has 0 unspecified atom stereocenters. The number of hydrogen-bond acceptors (Lipinski definition) is 3. The molecule has 1 aromatic heterocycles. The summed E-state index contributed by atoms with van der Waals surface area (Å²) >= 11 is 0. The number of benzene rings is 2. The highest BCUT2D eigenvalue weighted by Crippen LogP contribution is 2.23. The lowest BCUT2D eigenvalue weighted by molar-refractivity contribution is -0.121. The van der Waals surface area contributed by atoms with Crippen molar-refractivity contribution >= 4 is 12.1 Å². The van der Waals surface area contributed by atoms with E-state index in [2.05, 4.69) is 23.5 Å². The Kier molecular flexibility index (Phi) is 5.81. The first kappa shape index (κ1) is 18.6. The maximum atomic E-state index is 11.8. The quantitative estimate of drug-likeness (QED) is 0.525. The Morgan fingerprint density at radius 3 is 2.56 bits per heavy atom. The van der Waals surface area contributed by atoms with E-state index in [0.717, 1.165) is 28.1 Å². The van der Waals surface area contributed by atoms with E-state index in [9.17, 15) is 4.79 Å². The Balaban J connectivity index is 1.94. The van der Waals surface area contributed by atoms with Crippen molar-refractivity contribution in [3.63, 3.8) is 0 Å². The minimum atomic E-state index is -0.0891. The van der Waals surface area contributed by atoms with Crippen molar-refractivity contribution in [2.24, 2.45) is 11.0 Å². The number of hydrazone groups is 1. The topological polar surface area (TPSA) is 59.3 Å². The highest BCUT2D eigenvalue weighted by atomic mass is 16.2. The molecule has 0 saturated heterocycles. The van der Waals surface area contributed by atoms with Crippen LogP contribution in [0, 0.1) is 12.8 Å². The molecular weight excluding hydrogens is 336 g/mol. The van der Waals surface area contributed by atoms with Crippen LogP contribution < -0.4 is 5.43 Å². The van der Waals surface area contributed by atoms with Crippen molar-refractivity contribution in [1.82, 2.24) is 15.2 Å². The fraction of sp³-hybridized carbons (Fsp3) is 0.227. The van der Waals surface area contributed by atoms with E-state index in [-0.39, 0.29) is 5.91 Å². The predicted molar refractivity (Wildman–Crippen MR) is 109 cm³/mol. The van der Waals surface area contributed by atoms with Crippen LogP contribution in [0.4, 0.5) is 0 Å². The van der Waals surface area contributed by atoms with Crippen LogP contribution in [0.25, 0.3) is 16.9 Å². The van der Waals surface area contributed by atoms with Gasteiger partial charge in [0.1, 0.15) is 5.69 Å². The van der Waals surface area contributed by atoms with Crippen LogP contribution in [-0.2, 0) is 4.79 Å². The van der Waals surface area contributed by atoms with Crippen molar-refractivity contribution < 1.29 is 4.79 Å². The maximum absolute atomic E-state index is 11.8. The Morgan fingerprint density at radius 2 is 1.85 bits per heavy atom. The Labute approximate surface area is 159 Å². The van der Waals surface area contributed by atoms with Crippen LogP contribution in [0.2, 0.25) is 0 Å². The zero-order chi connectivity index (χ0) is 19.2. The predicted octanol–water partition coefficient (Wildman–Crippen LogP) is 4.34. The number of amides is 1. The molecule has 0 bridgehead atoms. The zero-order valence-electron chi connectivity index (χ0n) is 15.9. The highest BCUT2D eigenvalue weighted by Gasteiger charge is 2.12. The average molecular weight is 360 g/mol. The van der Waals surface area contributed by atoms with Gasteiger partial charge in [-0.05, 0) is 24.5 Å². The third kappa shape index (κ3) is 4.70. The van der Waals surface area contributed by atoms with Crippen LogP contribution in [0.3, 0.4) is 0 Å². The smallest absolute Gasteiger partial charge is 0.240 e. The van der Waals surface area contributed by atoms with E-state index in [1.54, 1.807) is 6.21 Å². The van der Waals surface area contributed by atoms with Gasteiger partial charge in [-0.2, -0.15) is 10.2 Å². The molecule has 3 aromatic rings. The average Bonchev–Trinajstić information content (AvgIpc) is 3.06. The van der Waals surface area contributed by atoms with Crippen LogP contribution in [0.1, 0.15) is 31.4 Å². The summed E-state index contributed by atoms with van der Waals surface area (Å²) in [6.45, 7) is 6.06. The van der Waals surface area contributed by atoms with E-state index < -0.39 is 0 Å². The summed E-state index contributed by atoms with van der Waals surface area (Å²) in [5.41, 5.74) is 7.40. The molecule has 0 aliphatic heterocycles. The third-order valence-electron chi connectivity index (χ3n) is 4.14. The second-order valence-electron chi connectivity index (χ2n) is 6.92. The van der Waals surface area contributed by atoms with Crippen molar-refractivity contribution in [3.8, 4) is 16.9 Å². The second-order valence-corrected chi connectivity index (χ2v) is 6.92. The summed E-state index contributed by atoms with van der Waals surface area (Å²) in [4.78, 5) is 11.8. The fourth-order valence-electron chi connectivity index (χ4n) is 2.84. The number of para-hydroxylation sites is 1. The van der Waals surface area contributed by atoms with Gasteiger partial charge in [0.05, 0.1) is 11.9 Å². The number of nitrogens with one attached hydrogen (secondary N) is 1. The largest absolute Gasteiger partial charge is 0.273 e. The molecule has 0 saturated carbocycles. The summed E-state index contributed by atoms with van der Waals surface area (Å²) < 4.78 is 1.86. The first-order valence-corrected chi connectivity index (χ1v) is 9.07. The normalized spacial score (nSPS) is 11.3. The van der Waals surface area contributed by atoms with Crippen molar-refractivity contribution in [2.75, 3.05) is 0 Å². The summed E-state index contributed by atoms with van der Waals surface area (Å²) in [5.74, 6) is 0.206. The Hall–Kier alpha value is -3.21. The molecule has 2 aromatic carbocycles. The monoisotopic (exact) mass is 360 g/mol.